The maximum absolute atomic E-state index is 3.50. The number of nitrogens with zero attached hydrogens (tertiary/aromatic N) is 1. The first-order valence-electron chi connectivity index (χ1n) is 5.53. The molecule has 0 amide bonds. The first-order valence-corrected chi connectivity index (χ1v) is 6.32. The summed E-state index contributed by atoms with van der Waals surface area (Å²) in [4.78, 5) is 2.22. The average molecular weight is 288 g/mol. The second kappa shape index (κ2) is 4.41. The highest BCUT2D eigenvalue weighted by Crippen LogP contribution is 2.33. The Morgan fingerprint density at radius 1 is 1.06 bits per heavy atom. The lowest BCUT2D eigenvalue weighted by Crippen LogP contribution is -2.16. The number of hydrogen-bond donors (Lipinski definition) is 1. The summed E-state index contributed by atoms with van der Waals surface area (Å²) in [6, 6.07) is 16.7. The molecule has 1 radical (unpaired) electrons. The van der Waals surface area contributed by atoms with Crippen molar-refractivity contribution in [2.75, 3.05) is 10.2 Å². The SMILES string of the molecule is Brc1cccc(CN2[CH]Nc3ccccc32)c1. The molecular formula is C14H12BrN2. The van der Waals surface area contributed by atoms with Gasteiger partial charge in [-0.1, -0.05) is 40.2 Å². The number of anilines is 2. The molecule has 2 aromatic rings. The predicted octanol–water partition coefficient (Wildman–Crippen LogP) is 4.00. The predicted molar refractivity (Wildman–Crippen MR) is 74.7 cm³/mol. The average Bonchev–Trinajstić information content (AvgIpc) is 2.73. The molecule has 85 valence electrons. The second-order valence-electron chi connectivity index (χ2n) is 4.05. The van der Waals surface area contributed by atoms with Crippen LogP contribution in [0.25, 0.3) is 0 Å². The first kappa shape index (κ1) is 10.7. The summed E-state index contributed by atoms with van der Waals surface area (Å²) in [5.41, 5.74) is 3.68. The molecule has 0 aromatic heterocycles. The monoisotopic (exact) mass is 287 g/mol. The fourth-order valence-electron chi connectivity index (χ4n) is 2.03. The molecule has 0 fully saturated rings. The van der Waals surface area contributed by atoms with Crippen molar-refractivity contribution in [3.8, 4) is 0 Å². The number of halogens is 1. The van der Waals surface area contributed by atoms with Crippen molar-refractivity contribution >= 4 is 27.3 Å². The van der Waals surface area contributed by atoms with Gasteiger partial charge in [0.1, 0.15) is 6.67 Å². The second-order valence-corrected chi connectivity index (χ2v) is 4.96. The summed E-state index contributed by atoms with van der Waals surface area (Å²) in [7, 11) is 0. The number of fused-ring (bicyclic) bond motifs is 1. The minimum Gasteiger partial charge on any atom is -0.360 e. The molecule has 0 atom stereocenters. The Hall–Kier alpha value is -1.48. The van der Waals surface area contributed by atoms with Gasteiger partial charge in [0.25, 0.3) is 0 Å². The maximum Gasteiger partial charge on any atom is 0.139 e. The van der Waals surface area contributed by atoms with Crippen molar-refractivity contribution < 1.29 is 0 Å². The Labute approximate surface area is 109 Å². The quantitative estimate of drug-likeness (QED) is 0.898. The summed E-state index contributed by atoms with van der Waals surface area (Å²) in [5, 5.41) is 3.27. The van der Waals surface area contributed by atoms with Crippen LogP contribution in [0.4, 0.5) is 11.4 Å². The molecule has 0 unspecified atom stereocenters. The minimum absolute atomic E-state index is 0.878. The van der Waals surface area contributed by atoms with Crippen molar-refractivity contribution in [1.29, 1.82) is 0 Å². The summed E-state index contributed by atoms with van der Waals surface area (Å²) >= 11 is 3.50. The van der Waals surface area contributed by atoms with Gasteiger partial charge in [-0.05, 0) is 29.8 Å². The van der Waals surface area contributed by atoms with Crippen LogP contribution < -0.4 is 10.2 Å². The Morgan fingerprint density at radius 3 is 2.82 bits per heavy atom. The van der Waals surface area contributed by atoms with E-state index in [4.69, 9.17) is 0 Å². The molecule has 0 spiro atoms. The van der Waals surface area contributed by atoms with E-state index in [0.29, 0.717) is 0 Å². The van der Waals surface area contributed by atoms with Crippen LogP contribution >= 0.6 is 15.9 Å². The van der Waals surface area contributed by atoms with E-state index in [9.17, 15) is 0 Å². The van der Waals surface area contributed by atoms with Crippen LogP contribution in [0.3, 0.4) is 0 Å². The fourth-order valence-corrected chi connectivity index (χ4v) is 2.47. The normalized spacial score (nSPS) is 13.4. The van der Waals surface area contributed by atoms with Crippen molar-refractivity contribution in [3.05, 3.63) is 65.2 Å². The minimum atomic E-state index is 0.878. The lowest BCUT2D eigenvalue weighted by molar-refractivity contribution is 0.940. The van der Waals surface area contributed by atoms with Crippen LogP contribution in [0.1, 0.15) is 5.56 Å². The number of rotatable bonds is 2. The fraction of sp³-hybridized carbons (Fsp3) is 0.0714. The smallest absolute Gasteiger partial charge is 0.139 e. The van der Waals surface area contributed by atoms with Gasteiger partial charge in [0.15, 0.2) is 0 Å². The molecule has 0 aliphatic carbocycles. The Morgan fingerprint density at radius 2 is 1.94 bits per heavy atom. The van der Waals surface area contributed by atoms with Crippen LogP contribution in [-0.2, 0) is 6.54 Å². The summed E-state index contributed by atoms with van der Waals surface area (Å²) in [6.07, 6.45) is 0. The van der Waals surface area contributed by atoms with Crippen LogP contribution in [0.15, 0.2) is 53.0 Å². The number of para-hydroxylation sites is 2. The Bertz CT molecular complexity index is 539. The molecule has 2 aromatic carbocycles. The molecule has 0 saturated heterocycles. The lowest BCUT2D eigenvalue weighted by atomic mass is 10.2. The zero-order chi connectivity index (χ0) is 11.7. The molecule has 1 N–H and O–H groups in total. The summed E-state index contributed by atoms with van der Waals surface area (Å²) < 4.78 is 1.12. The first-order chi connectivity index (χ1) is 8.33. The standard InChI is InChI=1S/C14H12BrN2/c15-12-5-3-4-11(8-12)9-17-10-16-13-6-1-2-7-14(13)17/h1-8,10,16H,9H2. The van der Waals surface area contributed by atoms with E-state index in [0.717, 1.165) is 11.0 Å². The molecule has 1 aliphatic rings. The van der Waals surface area contributed by atoms with Crippen molar-refractivity contribution in [2.24, 2.45) is 0 Å². The molecule has 0 saturated carbocycles. The molecule has 17 heavy (non-hydrogen) atoms. The van der Waals surface area contributed by atoms with Gasteiger partial charge in [0.05, 0.1) is 11.4 Å². The van der Waals surface area contributed by atoms with E-state index in [2.05, 4.69) is 62.5 Å². The third-order valence-electron chi connectivity index (χ3n) is 2.83. The van der Waals surface area contributed by atoms with E-state index >= 15 is 0 Å². The zero-order valence-corrected chi connectivity index (χ0v) is 10.8. The molecule has 1 aliphatic heterocycles. The van der Waals surface area contributed by atoms with Gasteiger partial charge in [-0.2, -0.15) is 0 Å². The van der Waals surface area contributed by atoms with Gasteiger partial charge < -0.3 is 10.2 Å². The number of benzene rings is 2. The highest BCUT2D eigenvalue weighted by atomic mass is 79.9. The van der Waals surface area contributed by atoms with E-state index in [1.807, 2.05) is 18.8 Å². The van der Waals surface area contributed by atoms with Crippen LogP contribution in [0.5, 0.6) is 0 Å². The van der Waals surface area contributed by atoms with Crippen LogP contribution in [0, 0.1) is 6.67 Å². The highest BCUT2D eigenvalue weighted by Gasteiger charge is 2.18. The third kappa shape index (κ3) is 2.15. The Balaban J connectivity index is 1.84. The van der Waals surface area contributed by atoms with Gasteiger partial charge in [-0.25, -0.2) is 0 Å². The number of nitrogens with one attached hydrogen (secondary N) is 1. The molecule has 2 nitrogen and oxygen atoms in total. The lowest BCUT2D eigenvalue weighted by Gasteiger charge is -2.17. The largest absolute Gasteiger partial charge is 0.360 e. The number of hydrogen-bond acceptors (Lipinski definition) is 2. The zero-order valence-electron chi connectivity index (χ0n) is 9.23. The van der Waals surface area contributed by atoms with E-state index in [1.54, 1.807) is 0 Å². The molecule has 1 heterocycles. The van der Waals surface area contributed by atoms with Crippen molar-refractivity contribution in [1.82, 2.24) is 0 Å². The van der Waals surface area contributed by atoms with Gasteiger partial charge in [-0.3, -0.25) is 0 Å². The topological polar surface area (TPSA) is 15.3 Å². The highest BCUT2D eigenvalue weighted by molar-refractivity contribution is 9.10. The Kier molecular flexibility index (Phi) is 2.77. The van der Waals surface area contributed by atoms with Crippen LogP contribution in [-0.4, -0.2) is 0 Å². The molecular weight excluding hydrogens is 276 g/mol. The van der Waals surface area contributed by atoms with Gasteiger partial charge >= 0.3 is 0 Å². The molecule has 3 rings (SSSR count). The van der Waals surface area contributed by atoms with Gasteiger partial charge in [0.2, 0.25) is 0 Å². The third-order valence-corrected chi connectivity index (χ3v) is 3.32. The van der Waals surface area contributed by atoms with E-state index in [1.165, 1.54) is 16.9 Å². The van der Waals surface area contributed by atoms with Gasteiger partial charge in [0, 0.05) is 11.0 Å². The van der Waals surface area contributed by atoms with E-state index < -0.39 is 0 Å². The van der Waals surface area contributed by atoms with E-state index in [-0.39, 0.29) is 0 Å². The van der Waals surface area contributed by atoms with Crippen LogP contribution in [0.2, 0.25) is 0 Å². The molecule has 3 heteroatoms. The maximum atomic E-state index is 3.50. The summed E-state index contributed by atoms with van der Waals surface area (Å²) in [5.74, 6) is 0. The van der Waals surface area contributed by atoms with Crippen molar-refractivity contribution in [3.63, 3.8) is 0 Å². The summed E-state index contributed by atoms with van der Waals surface area (Å²) in [6.45, 7) is 2.90. The molecule has 0 bridgehead atoms. The van der Waals surface area contributed by atoms with Crippen molar-refractivity contribution in [2.45, 2.75) is 6.54 Å². The van der Waals surface area contributed by atoms with Gasteiger partial charge in [-0.15, -0.1) is 0 Å².